The van der Waals surface area contributed by atoms with E-state index in [0.29, 0.717) is 18.5 Å². The first-order valence-electron chi connectivity index (χ1n) is 8.24. The van der Waals surface area contributed by atoms with Gasteiger partial charge in [0.25, 0.3) is 5.91 Å². The molecule has 1 saturated heterocycles. The topological polar surface area (TPSA) is 76.1 Å². The lowest BCUT2D eigenvalue weighted by atomic mass is 10.0. The summed E-state index contributed by atoms with van der Waals surface area (Å²) in [6, 6.07) is 9.43. The Morgan fingerprint density at radius 1 is 1.33 bits per heavy atom. The van der Waals surface area contributed by atoms with Crippen molar-refractivity contribution >= 4 is 26.6 Å². The first-order chi connectivity index (χ1) is 11.4. The van der Waals surface area contributed by atoms with Gasteiger partial charge in [0.05, 0.1) is 22.6 Å². The molecule has 1 aliphatic heterocycles. The Balaban J connectivity index is 1.83. The van der Waals surface area contributed by atoms with E-state index in [1.165, 1.54) is 0 Å². The number of aromatic nitrogens is 1. The number of nitrogens with one attached hydrogen (secondary N) is 1. The summed E-state index contributed by atoms with van der Waals surface area (Å²) in [6.45, 7) is 4.48. The molecule has 128 valence electrons. The Labute approximate surface area is 142 Å². The standard InChI is InChI=1S/C18H22N2O3S/c1-12(2)17-9-15(14-5-3-4-6-16(14)20-17)18(21)19-10-13-7-8-24(22,23)11-13/h3-6,9,12-13H,7-8,10-11H2,1-2H3,(H,19,21)/t13-/m1/s1. The van der Waals surface area contributed by atoms with Gasteiger partial charge < -0.3 is 5.32 Å². The third-order valence-electron chi connectivity index (χ3n) is 4.45. The van der Waals surface area contributed by atoms with E-state index in [0.717, 1.165) is 16.6 Å². The molecule has 1 atom stereocenters. The van der Waals surface area contributed by atoms with Crippen molar-refractivity contribution in [1.82, 2.24) is 10.3 Å². The normalized spacial score (nSPS) is 19.7. The lowest BCUT2D eigenvalue weighted by molar-refractivity contribution is 0.0950. The van der Waals surface area contributed by atoms with Crippen LogP contribution in [0.1, 0.15) is 42.2 Å². The van der Waals surface area contributed by atoms with Crippen LogP contribution in [0, 0.1) is 5.92 Å². The molecular weight excluding hydrogens is 324 g/mol. The number of rotatable bonds is 4. The third-order valence-corrected chi connectivity index (χ3v) is 6.29. The number of amides is 1. The molecule has 3 rings (SSSR count). The molecule has 1 aliphatic rings. The molecule has 6 heteroatoms. The molecule has 0 spiro atoms. The summed E-state index contributed by atoms with van der Waals surface area (Å²) in [6.07, 6.45) is 0.622. The van der Waals surface area contributed by atoms with E-state index in [4.69, 9.17) is 0 Å². The molecule has 0 radical (unpaired) electrons. The molecule has 1 N–H and O–H groups in total. The number of para-hydroxylation sites is 1. The second-order valence-corrected chi connectivity index (χ2v) is 8.97. The van der Waals surface area contributed by atoms with Crippen molar-refractivity contribution in [3.63, 3.8) is 0 Å². The Bertz CT molecular complexity index is 875. The van der Waals surface area contributed by atoms with E-state index in [-0.39, 0.29) is 29.2 Å². The maximum atomic E-state index is 12.7. The lowest BCUT2D eigenvalue weighted by Gasteiger charge is -2.13. The second kappa shape index (κ2) is 6.51. The number of hydrogen-bond acceptors (Lipinski definition) is 4. The predicted octanol–water partition coefficient (Wildman–Crippen LogP) is 2.52. The van der Waals surface area contributed by atoms with Gasteiger partial charge >= 0.3 is 0 Å². The Hall–Kier alpha value is -1.95. The van der Waals surface area contributed by atoms with Gasteiger partial charge in [0.2, 0.25) is 0 Å². The van der Waals surface area contributed by atoms with Crippen LogP contribution in [0.15, 0.2) is 30.3 Å². The van der Waals surface area contributed by atoms with Crippen molar-refractivity contribution in [3.05, 3.63) is 41.6 Å². The molecular formula is C18H22N2O3S. The van der Waals surface area contributed by atoms with E-state index in [2.05, 4.69) is 10.3 Å². The number of carbonyl (C=O) groups is 1. The predicted molar refractivity (Wildman–Crippen MR) is 94.9 cm³/mol. The summed E-state index contributed by atoms with van der Waals surface area (Å²) < 4.78 is 23.1. The number of pyridine rings is 1. The van der Waals surface area contributed by atoms with Crippen LogP contribution in [-0.2, 0) is 9.84 Å². The summed E-state index contributed by atoms with van der Waals surface area (Å²) in [5.74, 6) is 0.461. The minimum atomic E-state index is -2.92. The largest absolute Gasteiger partial charge is 0.352 e. The van der Waals surface area contributed by atoms with Crippen molar-refractivity contribution in [2.45, 2.75) is 26.2 Å². The van der Waals surface area contributed by atoms with Gasteiger partial charge in [0.1, 0.15) is 0 Å². The zero-order valence-corrected chi connectivity index (χ0v) is 14.8. The third kappa shape index (κ3) is 3.59. The zero-order valence-electron chi connectivity index (χ0n) is 14.0. The first kappa shape index (κ1) is 16.9. The van der Waals surface area contributed by atoms with Crippen molar-refractivity contribution in [2.75, 3.05) is 18.1 Å². The Kier molecular flexibility index (Phi) is 4.58. The summed E-state index contributed by atoms with van der Waals surface area (Å²) in [4.78, 5) is 17.3. The average Bonchev–Trinajstić information content (AvgIpc) is 2.90. The number of hydrogen-bond donors (Lipinski definition) is 1. The molecule has 0 bridgehead atoms. The second-order valence-electron chi connectivity index (χ2n) is 6.75. The molecule has 24 heavy (non-hydrogen) atoms. The molecule has 1 aromatic carbocycles. The van der Waals surface area contributed by atoms with Gasteiger partial charge in [0, 0.05) is 17.6 Å². The minimum Gasteiger partial charge on any atom is -0.352 e. The fraction of sp³-hybridized carbons (Fsp3) is 0.444. The van der Waals surface area contributed by atoms with E-state index >= 15 is 0 Å². The maximum absolute atomic E-state index is 12.7. The molecule has 2 aromatic rings. The highest BCUT2D eigenvalue weighted by molar-refractivity contribution is 7.91. The summed E-state index contributed by atoms with van der Waals surface area (Å²) in [5.41, 5.74) is 2.28. The fourth-order valence-electron chi connectivity index (χ4n) is 3.04. The fourth-order valence-corrected chi connectivity index (χ4v) is 4.91. The molecule has 0 unspecified atom stereocenters. The van der Waals surface area contributed by atoms with Crippen LogP contribution in [0.3, 0.4) is 0 Å². The highest BCUT2D eigenvalue weighted by Gasteiger charge is 2.28. The Morgan fingerprint density at radius 3 is 2.75 bits per heavy atom. The van der Waals surface area contributed by atoms with Crippen molar-refractivity contribution in [2.24, 2.45) is 5.92 Å². The van der Waals surface area contributed by atoms with Crippen LogP contribution in [-0.4, -0.2) is 37.4 Å². The van der Waals surface area contributed by atoms with Crippen LogP contribution in [0.25, 0.3) is 10.9 Å². The summed E-state index contributed by atoms with van der Waals surface area (Å²) >= 11 is 0. The molecule has 1 aromatic heterocycles. The highest BCUT2D eigenvalue weighted by atomic mass is 32.2. The number of carbonyl (C=O) groups excluding carboxylic acids is 1. The van der Waals surface area contributed by atoms with Crippen LogP contribution < -0.4 is 5.32 Å². The Morgan fingerprint density at radius 2 is 2.08 bits per heavy atom. The van der Waals surface area contributed by atoms with Gasteiger partial charge in [-0.1, -0.05) is 32.0 Å². The van der Waals surface area contributed by atoms with Crippen molar-refractivity contribution in [3.8, 4) is 0 Å². The van der Waals surface area contributed by atoms with Crippen molar-refractivity contribution in [1.29, 1.82) is 0 Å². The van der Waals surface area contributed by atoms with Crippen LogP contribution in [0.4, 0.5) is 0 Å². The maximum Gasteiger partial charge on any atom is 0.252 e. The monoisotopic (exact) mass is 346 g/mol. The van der Waals surface area contributed by atoms with Gasteiger partial charge in [-0.15, -0.1) is 0 Å². The van der Waals surface area contributed by atoms with Crippen LogP contribution in [0.2, 0.25) is 0 Å². The highest BCUT2D eigenvalue weighted by Crippen LogP contribution is 2.23. The van der Waals surface area contributed by atoms with Gasteiger partial charge in [-0.25, -0.2) is 8.42 Å². The van der Waals surface area contributed by atoms with Gasteiger partial charge in [-0.3, -0.25) is 9.78 Å². The molecule has 0 aliphatic carbocycles. The number of benzene rings is 1. The molecule has 2 heterocycles. The molecule has 1 amide bonds. The van der Waals surface area contributed by atoms with E-state index in [1.54, 1.807) is 0 Å². The lowest BCUT2D eigenvalue weighted by Crippen LogP contribution is -2.30. The quantitative estimate of drug-likeness (QED) is 0.923. The minimum absolute atomic E-state index is 0.0108. The molecule has 1 fully saturated rings. The average molecular weight is 346 g/mol. The first-order valence-corrected chi connectivity index (χ1v) is 10.1. The number of nitrogens with zero attached hydrogens (tertiary/aromatic N) is 1. The van der Waals surface area contributed by atoms with E-state index < -0.39 is 9.84 Å². The summed E-state index contributed by atoms with van der Waals surface area (Å²) in [5, 5.41) is 3.72. The molecule has 5 nitrogen and oxygen atoms in total. The molecule has 0 saturated carbocycles. The van der Waals surface area contributed by atoms with E-state index in [1.807, 2.05) is 44.2 Å². The smallest absolute Gasteiger partial charge is 0.252 e. The number of fused-ring (bicyclic) bond motifs is 1. The van der Waals surface area contributed by atoms with E-state index in [9.17, 15) is 13.2 Å². The van der Waals surface area contributed by atoms with Gasteiger partial charge in [-0.2, -0.15) is 0 Å². The summed E-state index contributed by atoms with van der Waals surface area (Å²) in [7, 11) is -2.92. The zero-order chi connectivity index (χ0) is 17.3. The van der Waals surface area contributed by atoms with Crippen molar-refractivity contribution < 1.29 is 13.2 Å². The SMILES string of the molecule is CC(C)c1cc(C(=O)NC[C@H]2CCS(=O)(=O)C2)c2ccccc2n1. The van der Waals surface area contributed by atoms with Gasteiger partial charge in [-0.05, 0) is 30.4 Å². The number of sulfone groups is 1. The van der Waals surface area contributed by atoms with Crippen LogP contribution >= 0.6 is 0 Å². The van der Waals surface area contributed by atoms with Crippen LogP contribution in [0.5, 0.6) is 0 Å². The van der Waals surface area contributed by atoms with Gasteiger partial charge in [0.15, 0.2) is 9.84 Å².